The van der Waals surface area contributed by atoms with Gasteiger partial charge in [-0.3, -0.25) is 9.79 Å². The van der Waals surface area contributed by atoms with Crippen LogP contribution in [0.5, 0.6) is 5.75 Å². The Hall–Kier alpha value is -2.83. The lowest BCUT2D eigenvalue weighted by molar-refractivity contribution is 0.478. The quantitative estimate of drug-likeness (QED) is 0.457. The van der Waals surface area contributed by atoms with Crippen LogP contribution in [-0.4, -0.2) is 15.4 Å². The molecule has 0 radical (unpaired) electrons. The van der Waals surface area contributed by atoms with Gasteiger partial charge in [0.15, 0.2) is 0 Å². The molecule has 1 aliphatic rings. The molecule has 4 nitrogen and oxygen atoms in total. The Bertz CT molecular complexity index is 1310. The van der Waals surface area contributed by atoms with E-state index < -0.39 is 0 Å². The number of pyridine rings is 1. The van der Waals surface area contributed by atoms with E-state index in [-0.39, 0.29) is 16.6 Å². The van der Waals surface area contributed by atoms with E-state index in [2.05, 4.69) is 17.5 Å². The number of aryl methyl sites for hydroxylation is 1. The van der Waals surface area contributed by atoms with E-state index >= 15 is 0 Å². The Balaban J connectivity index is 1.76. The number of aliphatic imine (C=N–C) groups is 1. The number of nitrogens with zero attached hydrogens (tertiary/aromatic N) is 2. The minimum Gasteiger partial charge on any atom is -0.506 e. The molecule has 2 aromatic heterocycles. The third kappa shape index (κ3) is 3.09. The fourth-order valence-corrected chi connectivity index (χ4v) is 5.89. The van der Waals surface area contributed by atoms with Crippen molar-refractivity contribution in [2.75, 3.05) is 0 Å². The minimum absolute atomic E-state index is 0.0109. The van der Waals surface area contributed by atoms with Crippen molar-refractivity contribution < 1.29 is 5.11 Å². The topological polar surface area (TPSA) is 54.6 Å². The molecule has 0 saturated carbocycles. The summed E-state index contributed by atoms with van der Waals surface area (Å²) in [5, 5.41) is 13.9. The molecule has 1 N–H and O–H groups in total. The SMILES string of the molecule is Cn1c(=O)c(C2=Nc3ccccc3S[C@@H](c3cccs3)C2)c(O)c2ccccc21. The summed E-state index contributed by atoms with van der Waals surface area (Å²) in [5.74, 6) is 0.0109. The van der Waals surface area contributed by atoms with Gasteiger partial charge in [-0.25, -0.2) is 0 Å². The number of aromatic nitrogens is 1. The first-order chi connectivity index (χ1) is 14.1. The van der Waals surface area contributed by atoms with Crippen LogP contribution in [0, 0.1) is 0 Å². The molecule has 29 heavy (non-hydrogen) atoms. The summed E-state index contributed by atoms with van der Waals surface area (Å²) in [6.07, 6.45) is 0.570. The summed E-state index contributed by atoms with van der Waals surface area (Å²) in [4.78, 5) is 20.4. The first kappa shape index (κ1) is 18.2. The van der Waals surface area contributed by atoms with Crippen LogP contribution in [0.25, 0.3) is 10.9 Å². The van der Waals surface area contributed by atoms with Gasteiger partial charge in [0.1, 0.15) is 11.3 Å². The summed E-state index contributed by atoms with van der Waals surface area (Å²) in [7, 11) is 1.74. The molecule has 144 valence electrons. The van der Waals surface area contributed by atoms with Crippen molar-refractivity contribution >= 4 is 45.4 Å². The van der Waals surface area contributed by atoms with Crippen molar-refractivity contribution in [3.8, 4) is 5.75 Å². The van der Waals surface area contributed by atoms with Gasteiger partial charge in [0.2, 0.25) is 0 Å². The highest BCUT2D eigenvalue weighted by Crippen LogP contribution is 2.47. The predicted octanol–water partition coefficient (Wildman–Crippen LogP) is 5.66. The number of thioether (sulfide) groups is 1. The standard InChI is InChI=1S/C23H18N2O2S2/c1-25-17-9-4-2-7-14(17)22(26)21(23(25)27)16-13-20(19-11-6-12-28-19)29-18-10-5-3-8-15(18)24-16/h2-12,20,26H,13H2,1H3/t20-/m1/s1. The van der Waals surface area contributed by atoms with E-state index in [1.807, 2.05) is 48.5 Å². The molecule has 1 aliphatic heterocycles. The van der Waals surface area contributed by atoms with Gasteiger partial charge >= 0.3 is 0 Å². The number of fused-ring (bicyclic) bond motifs is 2. The van der Waals surface area contributed by atoms with E-state index in [1.54, 1.807) is 34.7 Å². The van der Waals surface area contributed by atoms with E-state index in [1.165, 1.54) is 4.88 Å². The molecule has 3 heterocycles. The summed E-state index contributed by atoms with van der Waals surface area (Å²) >= 11 is 3.46. The maximum Gasteiger partial charge on any atom is 0.263 e. The second-order valence-electron chi connectivity index (χ2n) is 6.96. The van der Waals surface area contributed by atoms with Crippen LogP contribution in [0.3, 0.4) is 0 Å². The molecule has 0 spiro atoms. The Labute approximate surface area is 176 Å². The van der Waals surface area contributed by atoms with Crippen LogP contribution < -0.4 is 5.56 Å². The largest absolute Gasteiger partial charge is 0.506 e. The van der Waals surface area contributed by atoms with Gasteiger partial charge < -0.3 is 9.67 Å². The molecule has 1 atom stereocenters. The van der Waals surface area contributed by atoms with Gasteiger partial charge in [-0.2, -0.15) is 0 Å². The van der Waals surface area contributed by atoms with Crippen LogP contribution in [-0.2, 0) is 7.05 Å². The highest BCUT2D eigenvalue weighted by molar-refractivity contribution is 7.99. The van der Waals surface area contributed by atoms with E-state index in [0.29, 0.717) is 28.6 Å². The zero-order chi connectivity index (χ0) is 20.0. The van der Waals surface area contributed by atoms with Gasteiger partial charge in [0.05, 0.1) is 16.9 Å². The molecular weight excluding hydrogens is 400 g/mol. The van der Waals surface area contributed by atoms with Crippen LogP contribution in [0.2, 0.25) is 0 Å². The number of benzene rings is 2. The average Bonchev–Trinajstić information content (AvgIpc) is 3.21. The third-order valence-corrected chi connectivity index (χ3v) is 7.63. The van der Waals surface area contributed by atoms with E-state index in [0.717, 1.165) is 10.6 Å². The predicted molar refractivity (Wildman–Crippen MR) is 121 cm³/mol. The van der Waals surface area contributed by atoms with Gasteiger partial charge in [0.25, 0.3) is 5.56 Å². The second kappa shape index (κ2) is 7.21. The van der Waals surface area contributed by atoms with Gasteiger partial charge in [-0.1, -0.05) is 30.3 Å². The zero-order valence-corrected chi connectivity index (χ0v) is 17.3. The molecule has 6 heteroatoms. The van der Waals surface area contributed by atoms with Crippen LogP contribution in [0.15, 0.2) is 80.7 Å². The molecule has 2 aromatic carbocycles. The second-order valence-corrected chi connectivity index (χ2v) is 9.18. The molecule has 0 amide bonds. The third-order valence-electron chi connectivity index (χ3n) is 5.19. The zero-order valence-electron chi connectivity index (χ0n) is 15.7. The van der Waals surface area contributed by atoms with E-state index in [4.69, 9.17) is 4.99 Å². The Kier molecular flexibility index (Phi) is 4.53. The minimum atomic E-state index is -0.228. The van der Waals surface area contributed by atoms with E-state index in [9.17, 15) is 9.90 Å². The number of thiophene rings is 1. The lowest BCUT2D eigenvalue weighted by Gasteiger charge is -2.16. The highest BCUT2D eigenvalue weighted by Gasteiger charge is 2.27. The molecule has 5 rings (SSSR count). The molecule has 0 unspecified atom stereocenters. The summed E-state index contributed by atoms with van der Waals surface area (Å²) in [6, 6.07) is 19.5. The van der Waals surface area contributed by atoms with Crippen molar-refractivity contribution in [2.24, 2.45) is 12.0 Å². The molecule has 0 fully saturated rings. The maximum absolute atomic E-state index is 13.2. The first-order valence-corrected chi connectivity index (χ1v) is 11.1. The lowest BCUT2D eigenvalue weighted by Crippen LogP contribution is -2.25. The highest BCUT2D eigenvalue weighted by atomic mass is 32.2. The monoisotopic (exact) mass is 418 g/mol. The van der Waals surface area contributed by atoms with Crippen molar-refractivity contribution in [3.05, 3.63) is 86.8 Å². The van der Waals surface area contributed by atoms with Crippen molar-refractivity contribution in [1.29, 1.82) is 0 Å². The Morgan fingerprint density at radius 1 is 1.07 bits per heavy atom. The normalized spacial score (nSPS) is 16.3. The number of hydrogen-bond donors (Lipinski definition) is 1. The summed E-state index contributed by atoms with van der Waals surface area (Å²) in [5.41, 5.74) is 2.24. The fourth-order valence-electron chi connectivity index (χ4n) is 3.74. The summed E-state index contributed by atoms with van der Waals surface area (Å²) < 4.78 is 1.59. The van der Waals surface area contributed by atoms with Crippen molar-refractivity contribution in [3.63, 3.8) is 0 Å². The number of hydrogen-bond acceptors (Lipinski definition) is 5. The van der Waals surface area contributed by atoms with Crippen LogP contribution >= 0.6 is 23.1 Å². The van der Waals surface area contributed by atoms with Gasteiger partial charge in [0, 0.05) is 33.9 Å². The van der Waals surface area contributed by atoms with Crippen molar-refractivity contribution in [1.82, 2.24) is 4.57 Å². The molecule has 4 aromatic rings. The van der Waals surface area contributed by atoms with Crippen molar-refractivity contribution in [2.45, 2.75) is 16.6 Å². The first-order valence-electron chi connectivity index (χ1n) is 9.31. The van der Waals surface area contributed by atoms with Crippen LogP contribution in [0.1, 0.15) is 22.1 Å². The smallest absolute Gasteiger partial charge is 0.263 e. The molecular formula is C23H18N2O2S2. The number of aromatic hydroxyl groups is 1. The van der Waals surface area contributed by atoms with Crippen LogP contribution in [0.4, 0.5) is 5.69 Å². The molecule has 0 aliphatic carbocycles. The molecule has 0 saturated heterocycles. The van der Waals surface area contributed by atoms with Gasteiger partial charge in [-0.15, -0.1) is 23.1 Å². The Morgan fingerprint density at radius 2 is 1.86 bits per heavy atom. The fraction of sp³-hybridized carbons (Fsp3) is 0.130. The molecule has 0 bridgehead atoms. The average molecular weight is 419 g/mol. The summed E-state index contributed by atoms with van der Waals surface area (Å²) in [6.45, 7) is 0. The Morgan fingerprint density at radius 3 is 2.69 bits per heavy atom. The number of para-hydroxylation sites is 2. The van der Waals surface area contributed by atoms with Gasteiger partial charge in [-0.05, 0) is 35.7 Å². The maximum atomic E-state index is 13.2. The lowest BCUT2D eigenvalue weighted by atomic mass is 10.0. The number of rotatable bonds is 2.